The van der Waals surface area contributed by atoms with Gasteiger partial charge in [-0.3, -0.25) is 91.3 Å². The molecule has 3 aliphatic rings. The third kappa shape index (κ3) is 34.4. The predicted molar refractivity (Wildman–Crippen MR) is 497 cm³/mol. The first-order valence-electron chi connectivity index (χ1n) is 44.6. The Hall–Kier alpha value is -13.5. The molecule has 136 heavy (non-hydrogen) atoms. The minimum absolute atomic E-state index is 0.00270. The van der Waals surface area contributed by atoms with Crippen molar-refractivity contribution in [1.82, 2.24) is 93.8 Å². The Morgan fingerprint density at radius 1 is 0.515 bits per heavy atom. The number of aliphatic hydroxyl groups excluding tert-OH is 1. The number of carbonyl (C=O) groups is 19. The van der Waals surface area contributed by atoms with E-state index in [1.807, 2.05) is 0 Å². The third-order valence-corrected chi connectivity index (χ3v) is 23.3. The highest BCUT2D eigenvalue weighted by Crippen LogP contribution is 2.26. The second-order valence-corrected chi connectivity index (χ2v) is 36.1. The lowest BCUT2D eigenvalue weighted by atomic mass is 9.99. The van der Waals surface area contributed by atoms with E-state index in [0.717, 1.165) is 11.8 Å². The predicted octanol–water partition coefficient (Wildman–Crippen LogP) is -6.38. The molecule has 3 aliphatic heterocycles. The number of nitrogens with one attached hydrogen (secondary N) is 14. The van der Waals surface area contributed by atoms with Gasteiger partial charge in [0.2, 0.25) is 106 Å². The zero-order valence-corrected chi connectivity index (χ0v) is 78.2. The fourth-order valence-electron chi connectivity index (χ4n) is 15.5. The van der Waals surface area contributed by atoms with Crippen molar-refractivity contribution in [3.8, 4) is 5.75 Å². The average molecular weight is 1940 g/mol. The van der Waals surface area contributed by atoms with E-state index in [2.05, 4.69) is 109 Å². The van der Waals surface area contributed by atoms with Crippen molar-refractivity contribution < 1.29 is 106 Å². The number of benzene rings is 3. The van der Waals surface area contributed by atoms with Gasteiger partial charge in [-0.05, 0) is 127 Å². The molecule has 0 unspecified atom stereocenters. The molecule has 4 aromatic rings. The number of carboxylic acid groups (broad SMARTS) is 1. The monoisotopic (exact) mass is 1930 g/mol. The summed E-state index contributed by atoms with van der Waals surface area (Å²) in [6.07, 6.45) is 0.226. The molecule has 16 atom stereocenters. The van der Waals surface area contributed by atoms with Gasteiger partial charge in [-0.2, -0.15) is 25.3 Å². The van der Waals surface area contributed by atoms with Crippen LogP contribution in [0.5, 0.6) is 5.75 Å². The quantitative estimate of drug-likeness (QED) is 0.00846. The van der Waals surface area contributed by atoms with Gasteiger partial charge < -0.3 is 133 Å². The van der Waals surface area contributed by atoms with Crippen LogP contribution in [0.3, 0.4) is 0 Å². The van der Waals surface area contributed by atoms with Gasteiger partial charge in [-0.25, -0.2) is 9.78 Å². The molecule has 18 amide bonds. The fourth-order valence-corrected chi connectivity index (χ4v) is 16.0. The molecule has 27 N–H and O–H groups in total. The largest absolute Gasteiger partial charge is 0.508 e. The Bertz CT molecular complexity index is 4890. The van der Waals surface area contributed by atoms with Gasteiger partial charge in [-0.15, -0.1) is 0 Å². The Labute approximate surface area is 795 Å². The molecule has 48 heteroatoms. The highest BCUT2D eigenvalue weighted by atomic mass is 32.1. The minimum atomic E-state index is -1.85. The number of aliphatic hydroxyl groups is 1. The number of aromatic amines is 1. The molecule has 4 heterocycles. The van der Waals surface area contributed by atoms with Gasteiger partial charge in [0.05, 0.1) is 38.0 Å². The zero-order valence-electron chi connectivity index (χ0n) is 76.4. The maximum atomic E-state index is 15.0. The Balaban J connectivity index is 1.01. The Morgan fingerprint density at radius 3 is 1.53 bits per heavy atom. The number of hydrogen-bond acceptors (Lipinski definition) is 26. The summed E-state index contributed by atoms with van der Waals surface area (Å²) in [6, 6.07) is 0.749. The molecular formula is C88H126N24O22S2. The summed E-state index contributed by atoms with van der Waals surface area (Å²) in [4.78, 5) is 278. The van der Waals surface area contributed by atoms with E-state index in [9.17, 15) is 102 Å². The molecule has 0 aliphatic carbocycles. The van der Waals surface area contributed by atoms with E-state index < -0.39 is 233 Å². The molecule has 742 valence electrons. The van der Waals surface area contributed by atoms with Crippen LogP contribution in [-0.4, -0.2) is 305 Å². The number of H-pyrrole nitrogens is 1. The van der Waals surface area contributed by atoms with Crippen LogP contribution in [0.2, 0.25) is 0 Å². The van der Waals surface area contributed by atoms with Crippen molar-refractivity contribution in [2.45, 2.75) is 246 Å². The number of amides is 18. The van der Waals surface area contributed by atoms with Gasteiger partial charge in [0.1, 0.15) is 90.3 Å². The summed E-state index contributed by atoms with van der Waals surface area (Å²) in [7, 11) is 0. The number of guanidine groups is 1. The molecule has 0 spiro atoms. The number of imidazole rings is 1. The number of carbonyl (C=O) groups excluding carboxylic acids is 18. The van der Waals surface area contributed by atoms with Gasteiger partial charge >= 0.3 is 5.97 Å². The van der Waals surface area contributed by atoms with Gasteiger partial charge in [0.15, 0.2) is 5.96 Å². The van der Waals surface area contributed by atoms with Gasteiger partial charge in [0.25, 0.3) is 0 Å². The highest BCUT2D eigenvalue weighted by Gasteiger charge is 2.45. The van der Waals surface area contributed by atoms with Crippen LogP contribution in [0.15, 0.2) is 102 Å². The Morgan fingerprint density at radius 2 is 1.00 bits per heavy atom. The standard InChI is InChI=1S/C88H126N24O22S2/c1-46(2)35-56(76(123)106-61(38-51-25-27-53(114)28-26-51)85(132)112-34-15-23-64(112)81(128)107-62(44-135)79(126)104-60(40-67(91)116)73(120)97-43-69(118)110-32-16-24-65(110)86(133)134)105-80(127)63-22-14-33-111(63)84(131)47(3)99-75(122)57(36-49-17-9-7-10-18-49)103-77(124)59(39-52-41-94-45-98-52)100-68(117)42-96-82(129)70(48(4)113)108-83(130)71(88(5,6)136)109-78(125)58(37-50-19-11-8-12-20-50)102-74(121)55(21-13-31-95-87(92)93)101-72(119)54(89)29-30-66(90)115/h7-12,17-20,25-28,41,45-48,54-65,70-71,113-114,135-136H,13-16,21-24,29-40,42-44,89H2,1-6H3,(H2,90,115)(H2,91,116)(H,94,98)(H,96,129)(H,97,120)(H,99,122)(H,100,117)(H,101,119)(H,102,121)(H,103,124)(H,104,126)(H,105,127)(H,106,123)(H,107,128)(H,108,130)(H,109,125)(H,133,134)(H4,92,93,95)/t47-,48-,54+,55+,56+,57+,58+,59+,60+,61+,62+,63-,64+,65+,70+,71-/m1/s1. The maximum absolute atomic E-state index is 15.0. The molecule has 7 rings (SSSR count). The number of hydrogen-bond donors (Lipinski definition) is 24. The van der Waals surface area contributed by atoms with Crippen molar-refractivity contribution in [3.63, 3.8) is 0 Å². The molecule has 46 nitrogen and oxygen atoms in total. The smallest absolute Gasteiger partial charge is 0.326 e. The van der Waals surface area contributed by atoms with Gasteiger partial charge in [0, 0.05) is 80.7 Å². The second-order valence-electron chi connectivity index (χ2n) is 34.6. The molecule has 3 saturated heterocycles. The highest BCUT2D eigenvalue weighted by molar-refractivity contribution is 7.81. The van der Waals surface area contributed by atoms with Crippen molar-refractivity contribution in [2.24, 2.45) is 39.6 Å². The van der Waals surface area contributed by atoms with Crippen LogP contribution in [0, 0.1) is 5.92 Å². The van der Waals surface area contributed by atoms with Crippen molar-refractivity contribution in [1.29, 1.82) is 0 Å². The number of phenolic OH excluding ortho intramolecular Hbond substituents is 1. The lowest BCUT2D eigenvalue weighted by Crippen LogP contribution is -2.64. The van der Waals surface area contributed by atoms with Crippen LogP contribution < -0.4 is 97.8 Å². The number of primary amides is 2. The average Bonchev–Trinajstić information content (AvgIpc) is 1.70. The summed E-state index contributed by atoms with van der Waals surface area (Å²) in [5.74, 6) is -18.5. The number of aromatic hydroxyl groups is 1. The molecule has 0 bridgehead atoms. The minimum Gasteiger partial charge on any atom is -0.508 e. The SMILES string of the molecule is CC(C)C[C@H](NC(=O)[C@H]1CCCN1C(=O)[C@@H](C)NC(=O)[C@H](Cc1ccccc1)NC(=O)[C@H](Cc1cnc[nH]1)NC(=O)CNC(=O)[C@@H](NC(=O)[C@@H](NC(=O)[C@H](Cc1ccccc1)NC(=O)[C@H](CCCN=C(N)N)NC(=O)[C@@H](N)CCC(N)=O)C(C)(C)S)[C@@H](C)O)C(=O)N[C@@H](Cc1ccc(O)cc1)C(=O)N1CCC[C@H]1C(=O)N[C@@H](CS)C(=O)N[C@@H](CC(N)=O)C(=O)NCC(=O)N1CCC[C@H]1C(=O)O. The van der Waals surface area contributed by atoms with Crippen molar-refractivity contribution >= 4 is 144 Å². The summed E-state index contributed by atoms with van der Waals surface area (Å²) in [5, 5.41) is 64.0. The summed E-state index contributed by atoms with van der Waals surface area (Å²) >= 11 is 8.86. The number of nitrogens with two attached hydrogens (primary N) is 5. The number of nitrogens with zero attached hydrogens (tertiary/aromatic N) is 5. The Kier molecular flexibility index (Phi) is 42.6. The number of aromatic nitrogens is 2. The number of thiol groups is 2. The first-order valence-corrected chi connectivity index (χ1v) is 45.6. The molecule has 3 aromatic carbocycles. The number of phenols is 1. The first-order chi connectivity index (χ1) is 64.3. The number of rotatable bonds is 52. The summed E-state index contributed by atoms with van der Waals surface area (Å²) in [5.41, 5.74) is 29.5. The van der Waals surface area contributed by atoms with E-state index in [1.54, 1.807) is 74.5 Å². The van der Waals surface area contributed by atoms with Crippen LogP contribution in [0.25, 0.3) is 0 Å². The normalized spacial score (nSPS) is 17.5. The topological polar surface area (TPSA) is 722 Å². The molecule has 3 fully saturated rings. The van der Waals surface area contributed by atoms with Crippen molar-refractivity contribution in [3.05, 3.63) is 120 Å². The molecule has 0 radical (unpaired) electrons. The zero-order chi connectivity index (χ0) is 100. The number of carboxylic acids is 1. The van der Waals surface area contributed by atoms with Crippen LogP contribution in [0.1, 0.15) is 141 Å². The lowest BCUT2D eigenvalue weighted by Gasteiger charge is -2.33. The molecule has 1 aromatic heterocycles. The van der Waals surface area contributed by atoms with Crippen LogP contribution >= 0.6 is 25.3 Å². The second kappa shape index (κ2) is 53.0. The molecule has 0 saturated carbocycles. The first kappa shape index (κ1) is 110. The maximum Gasteiger partial charge on any atom is 0.326 e. The third-order valence-electron chi connectivity index (χ3n) is 22.7. The number of likely N-dealkylation sites (tertiary alicyclic amines) is 3. The number of aliphatic imine (C=N–C) groups is 1. The fraction of sp³-hybridized carbons (Fsp3) is 0.534. The molecular weight excluding hydrogens is 1810 g/mol. The summed E-state index contributed by atoms with van der Waals surface area (Å²) in [6.45, 7) is 7.46. The van der Waals surface area contributed by atoms with E-state index in [-0.39, 0.29) is 139 Å². The summed E-state index contributed by atoms with van der Waals surface area (Å²) < 4.78 is -1.48. The van der Waals surface area contributed by atoms with E-state index in [0.29, 0.717) is 28.8 Å². The van der Waals surface area contributed by atoms with E-state index >= 15 is 4.79 Å². The van der Waals surface area contributed by atoms with Crippen LogP contribution in [-0.2, 0) is 117 Å². The van der Waals surface area contributed by atoms with Crippen LogP contribution in [0.4, 0.5) is 0 Å². The van der Waals surface area contributed by atoms with E-state index in [4.69, 9.17) is 28.7 Å². The number of aliphatic carboxylic acids is 1. The van der Waals surface area contributed by atoms with Crippen molar-refractivity contribution in [2.75, 3.05) is 45.0 Å². The lowest BCUT2D eigenvalue weighted by molar-refractivity contribution is -0.148. The van der Waals surface area contributed by atoms with Gasteiger partial charge in [-0.1, -0.05) is 86.6 Å². The van der Waals surface area contributed by atoms with E-state index in [1.165, 1.54) is 67.4 Å².